The van der Waals surface area contributed by atoms with Crippen LogP contribution in [0.4, 0.5) is 5.69 Å². The van der Waals surface area contributed by atoms with Crippen molar-refractivity contribution >= 4 is 49.8 Å². The fourth-order valence-corrected chi connectivity index (χ4v) is 4.68. The van der Waals surface area contributed by atoms with Crippen LogP contribution in [0.1, 0.15) is 11.3 Å². The summed E-state index contributed by atoms with van der Waals surface area (Å²) in [4.78, 5) is 8.59. The third-order valence-electron chi connectivity index (χ3n) is 4.99. The number of pyridine rings is 2. The van der Waals surface area contributed by atoms with E-state index >= 15 is 0 Å². The van der Waals surface area contributed by atoms with E-state index in [-0.39, 0.29) is 18.0 Å². The molecule has 2 N–H and O–H groups in total. The Morgan fingerprint density at radius 3 is 2.65 bits per heavy atom. The molecular weight excluding hydrogens is 495 g/mol. The second-order valence-electron chi connectivity index (χ2n) is 7.50. The molecule has 4 aromatic rings. The van der Waals surface area contributed by atoms with Crippen LogP contribution in [0.5, 0.6) is 5.75 Å². The Kier molecular flexibility index (Phi) is 7.53. The molecule has 2 heterocycles. The van der Waals surface area contributed by atoms with Gasteiger partial charge in [0.15, 0.2) is 0 Å². The van der Waals surface area contributed by atoms with Gasteiger partial charge < -0.3 is 10.1 Å². The van der Waals surface area contributed by atoms with Crippen molar-refractivity contribution in [1.82, 2.24) is 14.7 Å². The Morgan fingerprint density at radius 1 is 1.03 bits per heavy atom. The highest BCUT2D eigenvalue weighted by atomic mass is 35.5. The van der Waals surface area contributed by atoms with E-state index in [2.05, 4.69) is 20.0 Å². The lowest BCUT2D eigenvalue weighted by molar-refractivity contribution is 0.326. The summed E-state index contributed by atoms with van der Waals surface area (Å²) in [5.74, 6) is 0.569. The Labute approximate surface area is 208 Å². The Balaban J connectivity index is 1.46. The van der Waals surface area contributed by atoms with Gasteiger partial charge in [-0.1, -0.05) is 41.4 Å². The predicted molar refractivity (Wildman–Crippen MR) is 135 cm³/mol. The smallest absolute Gasteiger partial charge is 0.242 e. The first-order valence-corrected chi connectivity index (χ1v) is 12.7. The van der Waals surface area contributed by atoms with Crippen LogP contribution >= 0.6 is 23.2 Å². The number of hydrogen-bond donors (Lipinski definition) is 2. The predicted octanol–water partition coefficient (Wildman–Crippen LogP) is 5.21. The number of halogens is 2. The van der Waals surface area contributed by atoms with Crippen molar-refractivity contribution < 1.29 is 13.2 Å². The second-order valence-corrected chi connectivity index (χ2v) is 10.1. The number of aromatic nitrogens is 2. The van der Waals surface area contributed by atoms with Crippen molar-refractivity contribution in [2.45, 2.75) is 18.4 Å². The first-order valence-electron chi connectivity index (χ1n) is 10.4. The zero-order valence-electron chi connectivity index (χ0n) is 18.3. The van der Waals surface area contributed by atoms with Gasteiger partial charge in [0.1, 0.15) is 22.8 Å². The lowest BCUT2D eigenvalue weighted by Crippen LogP contribution is -2.28. The first-order chi connectivity index (χ1) is 16.3. The molecule has 0 radical (unpaired) electrons. The van der Waals surface area contributed by atoms with Crippen molar-refractivity contribution in [3.8, 4) is 5.75 Å². The molecule has 0 spiro atoms. The summed E-state index contributed by atoms with van der Waals surface area (Å²) < 4.78 is 33.1. The molecule has 176 valence electrons. The summed E-state index contributed by atoms with van der Waals surface area (Å²) in [5, 5.41) is 5.34. The van der Waals surface area contributed by atoms with Crippen LogP contribution in [0.25, 0.3) is 10.9 Å². The van der Waals surface area contributed by atoms with E-state index in [9.17, 15) is 8.42 Å². The van der Waals surface area contributed by atoms with Crippen LogP contribution in [0.15, 0.2) is 71.9 Å². The number of rotatable bonds is 9. The molecule has 0 bridgehead atoms. The zero-order valence-corrected chi connectivity index (χ0v) is 20.6. The number of ether oxygens (including phenoxy) is 1. The van der Waals surface area contributed by atoms with Gasteiger partial charge in [-0.05, 0) is 48.9 Å². The lowest BCUT2D eigenvalue weighted by atomic mass is 10.1. The molecule has 0 atom stereocenters. The number of sulfonamides is 1. The highest BCUT2D eigenvalue weighted by molar-refractivity contribution is 7.89. The highest BCUT2D eigenvalue weighted by Crippen LogP contribution is 2.31. The molecule has 0 unspecified atom stereocenters. The first kappa shape index (κ1) is 24.2. The number of hydrogen-bond acceptors (Lipinski definition) is 6. The van der Waals surface area contributed by atoms with Gasteiger partial charge in [0.25, 0.3) is 0 Å². The third kappa shape index (κ3) is 5.77. The van der Waals surface area contributed by atoms with Crippen LogP contribution in [-0.2, 0) is 16.6 Å². The van der Waals surface area contributed by atoms with Gasteiger partial charge in [-0.15, -0.1) is 0 Å². The summed E-state index contributed by atoms with van der Waals surface area (Å²) in [7, 11) is -3.65. The summed E-state index contributed by atoms with van der Waals surface area (Å²) in [6.45, 7) is 2.70. The minimum absolute atomic E-state index is 0.0991. The SMILES string of the molecule is Cc1cc(NCc2ccc(Cl)c(Cl)c2)c2cccc(OCCNS(=O)(=O)c3cccnc3)c2n1. The number of nitrogens with one attached hydrogen (secondary N) is 2. The van der Waals surface area contributed by atoms with Crippen LogP contribution in [0.3, 0.4) is 0 Å². The number of anilines is 1. The maximum Gasteiger partial charge on any atom is 0.242 e. The molecule has 2 aromatic heterocycles. The summed E-state index contributed by atoms with van der Waals surface area (Å²) in [6.07, 6.45) is 2.82. The molecule has 0 fully saturated rings. The Bertz CT molecular complexity index is 1420. The topological polar surface area (TPSA) is 93.2 Å². The normalized spacial score (nSPS) is 11.5. The van der Waals surface area contributed by atoms with E-state index < -0.39 is 10.0 Å². The van der Waals surface area contributed by atoms with Gasteiger partial charge in [-0.2, -0.15) is 0 Å². The molecule has 7 nitrogen and oxygen atoms in total. The largest absolute Gasteiger partial charge is 0.490 e. The number of fused-ring (bicyclic) bond motifs is 1. The molecule has 0 saturated heterocycles. The zero-order chi connectivity index (χ0) is 24.1. The molecule has 0 aliphatic rings. The van der Waals surface area contributed by atoms with Crippen molar-refractivity contribution in [3.63, 3.8) is 0 Å². The monoisotopic (exact) mass is 516 g/mol. The van der Waals surface area contributed by atoms with Crippen LogP contribution < -0.4 is 14.8 Å². The van der Waals surface area contributed by atoms with Crippen LogP contribution in [0.2, 0.25) is 10.0 Å². The highest BCUT2D eigenvalue weighted by Gasteiger charge is 2.14. The van der Waals surface area contributed by atoms with Gasteiger partial charge >= 0.3 is 0 Å². The van der Waals surface area contributed by atoms with Gasteiger partial charge in [-0.25, -0.2) is 18.1 Å². The number of aryl methyl sites for hydroxylation is 1. The number of benzene rings is 2. The lowest BCUT2D eigenvalue weighted by Gasteiger charge is -2.14. The molecule has 34 heavy (non-hydrogen) atoms. The van der Waals surface area contributed by atoms with Gasteiger partial charge in [0.2, 0.25) is 10.0 Å². The Hall–Kier alpha value is -2.91. The number of para-hydroxylation sites is 1. The van der Waals surface area contributed by atoms with E-state index in [0.29, 0.717) is 27.9 Å². The maximum atomic E-state index is 12.3. The van der Waals surface area contributed by atoms with E-state index in [1.807, 2.05) is 43.3 Å². The number of nitrogens with zero attached hydrogens (tertiary/aromatic N) is 2. The molecule has 0 amide bonds. The van der Waals surface area contributed by atoms with Gasteiger partial charge in [0, 0.05) is 42.3 Å². The fourth-order valence-electron chi connectivity index (χ4n) is 3.39. The summed E-state index contributed by atoms with van der Waals surface area (Å²) in [5.41, 5.74) is 3.40. The molecule has 0 aliphatic carbocycles. The van der Waals surface area contributed by atoms with E-state index in [0.717, 1.165) is 22.3 Å². The van der Waals surface area contributed by atoms with Crippen molar-refractivity contribution in [3.05, 3.63) is 88.3 Å². The van der Waals surface area contributed by atoms with Gasteiger partial charge in [0.05, 0.1) is 10.0 Å². The fraction of sp³-hybridized carbons (Fsp3) is 0.167. The standard InChI is InChI=1S/C24H22Cl2N4O3S/c1-16-12-22(28-14-17-7-8-20(25)21(26)13-17)19-5-2-6-23(24(19)30-16)33-11-10-29-34(31,32)18-4-3-9-27-15-18/h2-9,12-13,15,29H,10-11,14H2,1H3,(H,28,30). The Morgan fingerprint density at radius 2 is 1.88 bits per heavy atom. The average Bonchev–Trinajstić information content (AvgIpc) is 2.83. The second kappa shape index (κ2) is 10.6. The third-order valence-corrected chi connectivity index (χ3v) is 7.18. The van der Waals surface area contributed by atoms with Crippen molar-refractivity contribution in [1.29, 1.82) is 0 Å². The molecule has 0 saturated carbocycles. The van der Waals surface area contributed by atoms with E-state index in [1.165, 1.54) is 18.5 Å². The van der Waals surface area contributed by atoms with E-state index in [1.54, 1.807) is 12.1 Å². The summed E-state index contributed by atoms with van der Waals surface area (Å²) >= 11 is 12.1. The van der Waals surface area contributed by atoms with Gasteiger partial charge in [-0.3, -0.25) is 4.98 Å². The molecule has 0 aliphatic heterocycles. The van der Waals surface area contributed by atoms with Crippen LogP contribution in [-0.4, -0.2) is 31.5 Å². The molecule has 2 aromatic carbocycles. The maximum absolute atomic E-state index is 12.3. The van der Waals surface area contributed by atoms with Crippen LogP contribution in [0, 0.1) is 6.92 Å². The quantitative estimate of drug-likeness (QED) is 0.296. The minimum Gasteiger partial charge on any atom is -0.490 e. The molecule has 4 rings (SSSR count). The molecular formula is C24H22Cl2N4O3S. The summed E-state index contributed by atoms with van der Waals surface area (Å²) in [6, 6.07) is 16.2. The average molecular weight is 517 g/mol. The minimum atomic E-state index is -3.65. The van der Waals surface area contributed by atoms with Crippen molar-refractivity contribution in [2.24, 2.45) is 0 Å². The van der Waals surface area contributed by atoms with Crippen molar-refractivity contribution in [2.75, 3.05) is 18.5 Å². The molecule has 10 heteroatoms. The van der Waals surface area contributed by atoms with E-state index in [4.69, 9.17) is 27.9 Å².